The summed E-state index contributed by atoms with van der Waals surface area (Å²) in [6, 6.07) is -1.50. The molecule has 3 aliphatic rings. The van der Waals surface area contributed by atoms with Gasteiger partial charge in [0.1, 0.15) is 24.2 Å². The average Bonchev–Trinajstić information content (AvgIpc) is 3.31. The first-order valence-electron chi connectivity index (χ1n) is 11.8. The van der Waals surface area contributed by atoms with Crippen molar-refractivity contribution in [3.8, 4) is 0 Å². The highest BCUT2D eigenvalue weighted by molar-refractivity contribution is 5.99. The van der Waals surface area contributed by atoms with Gasteiger partial charge in [-0.05, 0) is 47.0 Å². The molecule has 3 saturated heterocycles. The van der Waals surface area contributed by atoms with Gasteiger partial charge in [0.2, 0.25) is 11.8 Å². The number of hydrogen-bond donors (Lipinski definition) is 1. The van der Waals surface area contributed by atoms with Crippen LogP contribution in [-0.2, 0) is 23.9 Å². The topological polar surface area (TPSA) is 96.4 Å². The average molecular weight is 463 g/mol. The van der Waals surface area contributed by atoms with E-state index in [0.29, 0.717) is 25.8 Å². The molecule has 184 valence electrons. The summed E-state index contributed by atoms with van der Waals surface area (Å²) in [6.07, 6.45) is 4.62. The van der Waals surface area contributed by atoms with E-state index in [1.165, 1.54) is 11.0 Å². The van der Waals surface area contributed by atoms with Gasteiger partial charge in [0, 0.05) is 12.1 Å². The molecule has 0 aliphatic carbocycles. The van der Waals surface area contributed by atoms with Crippen molar-refractivity contribution in [3.63, 3.8) is 0 Å². The molecule has 3 heterocycles. The summed E-state index contributed by atoms with van der Waals surface area (Å²) in [5.41, 5.74) is -2.57. The van der Waals surface area contributed by atoms with Crippen molar-refractivity contribution < 1.29 is 29.0 Å². The van der Waals surface area contributed by atoms with Crippen LogP contribution in [-0.4, -0.2) is 81.3 Å². The third kappa shape index (κ3) is 3.81. The lowest BCUT2D eigenvalue weighted by Gasteiger charge is -2.43. The predicted octanol–water partition coefficient (Wildman–Crippen LogP) is 2.06. The lowest BCUT2D eigenvalue weighted by Crippen LogP contribution is -2.61. The molecule has 3 aliphatic heterocycles. The molecule has 2 bridgehead atoms. The highest BCUT2D eigenvalue weighted by Gasteiger charge is 2.79. The van der Waals surface area contributed by atoms with Crippen LogP contribution in [0.25, 0.3) is 0 Å². The van der Waals surface area contributed by atoms with Crippen molar-refractivity contribution in [2.75, 3.05) is 19.8 Å². The molecule has 2 unspecified atom stereocenters. The fraction of sp³-hybridized carbons (Fsp3) is 0.720. The second-order valence-electron chi connectivity index (χ2n) is 10.5. The van der Waals surface area contributed by atoms with Crippen molar-refractivity contribution in [1.82, 2.24) is 9.80 Å². The summed E-state index contributed by atoms with van der Waals surface area (Å²) in [7, 11) is 0. The molecule has 0 saturated carbocycles. The predicted molar refractivity (Wildman–Crippen MR) is 123 cm³/mol. The summed E-state index contributed by atoms with van der Waals surface area (Å²) in [4.78, 5) is 44.3. The van der Waals surface area contributed by atoms with Crippen LogP contribution in [0.4, 0.5) is 0 Å². The van der Waals surface area contributed by atoms with Crippen molar-refractivity contribution in [2.24, 2.45) is 11.8 Å². The molecule has 3 rings (SSSR count). The highest BCUT2D eigenvalue weighted by Crippen LogP contribution is 2.63. The van der Waals surface area contributed by atoms with E-state index in [-0.39, 0.29) is 25.0 Å². The maximum absolute atomic E-state index is 14.1. The van der Waals surface area contributed by atoms with E-state index in [0.717, 1.165) is 0 Å². The number of aliphatic hydroxyl groups is 1. The molecule has 0 aromatic carbocycles. The lowest BCUT2D eigenvalue weighted by molar-refractivity contribution is -0.162. The minimum atomic E-state index is -1.14. The molecule has 0 aromatic rings. The van der Waals surface area contributed by atoms with Crippen molar-refractivity contribution in [2.45, 2.75) is 82.7 Å². The minimum absolute atomic E-state index is 0.0385. The van der Waals surface area contributed by atoms with E-state index in [4.69, 9.17) is 9.47 Å². The number of carbonyl (C=O) groups is 3. The zero-order chi connectivity index (χ0) is 24.8. The second-order valence-corrected chi connectivity index (χ2v) is 10.5. The molecule has 0 radical (unpaired) electrons. The minimum Gasteiger partial charge on any atom is -0.461 e. The van der Waals surface area contributed by atoms with Crippen LogP contribution < -0.4 is 0 Å². The molecule has 1 spiro atoms. The van der Waals surface area contributed by atoms with Crippen LogP contribution in [0, 0.1) is 11.8 Å². The lowest BCUT2D eigenvalue weighted by atomic mass is 9.66. The number of esters is 1. The third-order valence-electron chi connectivity index (χ3n) is 7.51. The van der Waals surface area contributed by atoms with Crippen LogP contribution in [0.2, 0.25) is 0 Å². The molecule has 8 nitrogen and oxygen atoms in total. The van der Waals surface area contributed by atoms with Crippen LogP contribution in [0.15, 0.2) is 25.3 Å². The smallest absolute Gasteiger partial charge is 0.313 e. The van der Waals surface area contributed by atoms with Crippen LogP contribution in [0.1, 0.15) is 53.9 Å². The number of amides is 2. The number of aliphatic hydroxyl groups excluding tert-OH is 1. The van der Waals surface area contributed by atoms with Crippen LogP contribution in [0.5, 0.6) is 0 Å². The summed E-state index contributed by atoms with van der Waals surface area (Å²) >= 11 is 0. The van der Waals surface area contributed by atoms with Crippen LogP contribution >= 0.6 is 0 Å². The van der Waals surface area contributed by atoms with Gasteiger partial charge in [0.25, 0.3) is 0 Å². The normalized spacial score (nSPS) is 33.6. The monoisotopic (exact) mass is 462 g/mol. The SMILES string of the molecule is C=CCOC(=O)[C@@H]1[C@H]2C(=O)N([C@@H](CC)CO)C(C(=O)N(CC=C)C(C)(C)C)C23CC[C@@]1(C)O3. The van der Waals surface area contributed by atoms with E-state index < -0.39 is 46.6 Å². The molecule has 8 heteroatoms. The van der Waals surface area contributed by atoms with E-state index in [2.05, 4.69) is 13.2 Å². The maximum atomic E-state index is 14.1. The Labute approximate surface area is 196 Å². The molecule has 0 aromatic heterocycles. The molecular formula is C25H38N2O6. The molecule has 1 N–H and O–H groups in total. The Hall–Kier alpha value is -2.19. The quantitative estimate of drug-likeness (QED) is 0.416. The van der Waals surface area contributed by atoms with Gasteiger partial charge in [-0.3, -0.25) is 14.4 Å². The number of likely N-dealkylation sites (tertiary alicyclic amines) is 1. The van der Waals surface area contributed by atoms with Gasteiger partial charge in [0.15, 0.2) is 0 Å². The van der Waals surface area contributed by atoms with E-state index in [1.807, 2.05) is 34.6 Å². The fourth-order valence-corrected chi connectivity index (χ4v) is 6.01. The Balaban J connectivity index is 2.14. The van der Waals surface area contributed by atoms with Gasteiger partial charge in [-0.2, -0.15) is 0 Å². The second kappa shape index (κ2) is 8.87. The zero-order valence-corrected chi connectivity index (χ0v) is 20.5. The van der Waals surface area contributed by atoms with Gasteiger partial charge in [-0.1, -0.05) is 25.7 Å². The van der Waals surface area contributed by atoms with Crippen molar-refractivity contribution in [1.29, 1.82) is 0 Å². The number of nitrogens with zero attached hydrogens (tertiary/aromatic N) is 2. The molecular weight excluding hydrogens is 424 g/mol. The Kier molecular flexibility index (Phi) is 6.84. The largest absolute Gasteiger partial charge is 0.461 e. The number of carbonyl (C=O) groups excluding carboxylic acids is 3. The Bertz CT molecular complexity index is 831. The van der Waals surface area contributed by atoms with Crippen LogP contribution in [0.3, 0.4) is 0 Å². The first-order valence-corrected chi connectivity index (χ1v) is 11.8. The Morgan fingerprint density at radius 2 is 2.00 bits per heavy atom. The molecule has 2 amide bonds. The Morgan fingerprint density at radius 3 is 2.52 bits per heavy atom. The van der Waals surface area contributed by atoms with Gasteiger partial charge in [-0.25, -0.2) is 0 Å². The summed E-state index contributed by atoms with van der Waals surface area (Å²) in [5, 5.41) is 10.1. The number of ether oxygens (including phenoxy) is 2. The number of hydrogen-bond acceptors (Lipinski definition) is 6. The van der Waals surface area contributed by atoms with Gasteiger partial charge in [-0.15, -0.1) is 6.58 Å². The van der Waals surface area contributed by atoms with Crippen molar-refractivity contribution >= 4 is 17.8 Å². The third-order valence-corrected chi connectivity index (χ3v) is 7.51. The summed E-state index contributed by atoms with van der Waals surface area (Å²) in [5.74, 6) is -2.76. The number of rotatable bonds is 9. The first kappa shape index (κ1) is 25.4. The first-order chi connectivity index (χ1) is 15.4. The van der Waals surface area contributed by atoms with E-state index >= 15 is 0 Å². The Morgan fingerprint density at radius 1 is 1.33 bits per heavy atom. The maximum Gasteiger partial charge on any atom is 0.313 e. The standard InChI is InChI=1S/C25H38N2O6/c1-8-13-26(23(4,5)6)21(30)19-25-12-11-24(7,33-25)18(22(31)32-14-9-2)17(25)20(29)27(19)16(10-3)15-28/h8-9,16-19,28H,1-2,10-15H2,3-7H3/t16-,17-,18-,19?,24+,25?/m0/s1. The molecule has 33 heavy (non-hydrogen) atoms. The number of fused-ring (bicyclic) bond motifs is 1. The molecule has 3 fully saturated rings. The van der Waals surface area contributed by atoms with E-state index in [1.54, 1.807) is 11.0 Å². The van der Waals surface area contributed by atoms with Gasteiger partial charge >= 0.3 is 5.97 Å². The van der Waals surface area contributed by atoms with Gasteiger partial charge < -0.3 is 24.4 Å². The fourth-order valence-electron chi connectivity index (χ4n) is 6.01. The van der Waals surface area contributed by atoms with Crippen molar-refractivity contribution in [3.05, 3.63) is 25.3 Å². The highest BCUT2D eigenvalue weighted by atomic mass is 16.6. The van der Waals surface area contributed by atoms with Gasteiger partial charge in [0.05, 0.1) is 24.2 Å². The molecule has 6 atom stereocenters. The zero-order valence-electron chi connectivity index (χ0n) is 20.5. The summed E-state index contributed by atoms with van der Waals surface area (Å²) in [6.45, 7) is 16.9. The van der Waals surface area contributed by atoms with E-state index in [9.17, 15) is 19.5 Å². The summed E-state index contributed by atoms with van der Waals surface area (Å²) < 4.78 is 11.9.